The van der Waals surface area contributed by atoms with Crippen LogP contribution in [0.1, 0.15) is 26.7 Å². The second-order valence-electron chi connectivity index (χ2n) is 4.79. The zero-order valence-corrected chi connectivity index (χ0v) is 12.2. The highest BCUT2D eigenvalue weighted by atomic mass is 79.9. The topological polar surface area (TPSA) is 55.8 Å². The third kappa shape index (κ3) is 1.78. The van der Waals surface area contributed by atoms with Crippen molar-refractivity contribution in [2.24, 2.45) is 0 Å². The summed E-state index contributed by atoms with van der Waals surface area (Å²) in [5.74, 6) is -0.696. The number of hydrogen-bond acceptors (Lipinski definition) is 5. The molecular formula is C12H16BrNO4. The second kappa shape index (κ2) is 4.66. The molecule has 2 heterocycles. The molecule has 6 heteroatoms. The smallest absolute Gasteiger partial charge is 0.376 e. The number of carbonyl (C=O) groups is 2. The molecule has 0 radical (unpaired) electrons. The van der Waals surface area contributed by atoms with E-state index in [1.54, 1.807) is 5.06 Å². The van der Waals surface area contributed by atoms with Crippen molar-refractivity contribution < 1.29 is 19.2 Å². The summed E-state index contributed by atoms with van der Waals surface area (Å²) in [5.41, 5.74) is -0.0915. The molecule has 0 unspecified atom stereocenters. The van der Waals surface area contributed by atoms with Crippen molar-refractivity contribution >= 4 is 27.7 Å². The number of nitrogens with zero attached hydrogens (tertiary/aromatic N) is 1. The summed E-state index contributed by atoms with van der Waals surface area (Å²) in [6, 6.07) is 0.159. The number of fused-ring (bicyclic) bond motifs is 1. The van der Waals surface area contributed by atoms with Gasteiger partial charge in [-0.25, -0.2) is 4.79 Å². The summed E-state index contributed by atoms with van der Waals surface area (Å²) >= 11 is 3.43. The van der Waals surface area contributed by atoms with Crippen LogP contribution in [0.2, 0.25) is 0 Å². The van der Waals surface area contributed by atoms with Crippen LogP contribution in [0.25, 0.3) is 0 Å². The van der Waals surface area contributed by atoms with E-state index in [9.17, 15) is 9.59 Å². The molecule has 100 valence electrons. The minimum absolute atomic E-state index is 0.0400. The van der Waals surface area contributed by atoms with Gasteiger partial charge < -0.3 is 9.57 Å². The summed E-state index contributed by atoms with van der Waals surface area (Å²) in [4.78, 5) is 29.1. The Bertz CT molecular complexity index is 434. The van der Waals surface area contributed by atoms with Crippen LogP contribution >= 0.6 is 15.9 Å². The van der Waals surface area contributed by atoms with E-state index < -0.39 is 11.5 Å². The van der Waals surface area contributed by atoms with E-state index in [-0.39, 0.29) is 17.6 Å². The van der Waals surface area contributed by atoms with Crippen LogP contribution in [0, 0.1) is 0 Å². The summed E-state index contributed by atoms with van der Waals surface area (Å²) in [5, 5.41) is 2.49. The third-order valence-corrected chi connectivity index (χ3v) is 4.39. The fourth-order valence-electron chi connectivity index (χ4n) is 2.79. The van der Waals surface area contributed by atoms with Gasteiger partial charge in [-0.05, 0) is 26.7 Å². The maximum Gasteiger partial charge on any atom is 0.376 e. The Morgan fingerprint density at radius 1 is 1.61 bits per heavy atom. The monoisotopic (exact) mass is 317 g/mol. The quantitative estimate of drug-likeness (QED) is 0.584. The van der Waals surface area contributed by atoms with Crippen molar-refractivity contribution in [3.05, 3.63) is 11.3 Å². The van der Waals surface area contributed by atoms with E-state index in [2.05, 4.69) is 20.7 Å². The summed E-state index contributed by atoms with van der Waals surface area (Å²) < 4.78 is 4.68. The van der Waals surface area contributed by atoms with Gasteiger partial charge in [0.2, 0.25) is 5.76 Å². The Morgan fingerprint density at radius 3 is 2.78 bits per heavy atom. The van der Waals surface area contributed by atoms with Gasteiger partial charge in [0.25, 0.3) is 0 Å². The number of hydroxylamine groups is 2. The Morgan fingerprint density at radius 2 is 2.28 bits per heavy atom. The summed E-state index contributed by atoms with van der Waals surface area (Å²) in [6.45, 7) is 3.39. The maximum atomic E-state index is 11.8. The molecule has 2 rings (SSSR count). The van der Waals surface area contributed by atoms with Gasteiger partial charge in [0.1, 0.15) is 0 Å². The lowest BCUT2D eigenvalue weighted by Crippen LogP contribution is -2.43. The fourth-order valence-corrected chi connectivity index (χ4v) is 3.37. The Kier molecular flexibility index (Phi) is 3.51. The average molecular weight is 318 g/mol. The highest BCUT2D eigenvalue weighted by Crippen LogP contribution is 2.47. The third-order valence-electron chi connectivity index (χ3n) is 3.64. The average Bonchev–Trinajstić information content (AvgIpc) is 2.79. The molecule has 0 aromatic rings. The number of methoxy groups -OCH3 is 1. The van der Waals surface area contributed by atoms with Crippen molar-refractivity contribution in [2.45, 2.75) is 38.3 Å². The number of rotatable bonds is 3. The maximum absolute atomic E-state index is 11.8. The molecular weight excluding hydrogens is 302 g/mol. The first-order valence-corrected chi connectivity index (χ1v) is 6.95. The lowest BCUT2D eigenvalue weighted by atomic mass is 9.87. The first kappa shape index (κ1) is 13.5. The number of carbonyl (C=O) groups excluding carboxylic acids is 2. The highest BCUT2D eigenvalue weighted by Gasteiger charge is 2.55. The molecule has 0 amide bonds. The zero-order valence-electron chi connectivity index (χ0n) is 10.7. The van der Waals surface area contributed by atoms with Crippen LogP contribution in [0.3, 0.4) is 0 Å². The van der Waals surface area contributed by atoms with Gasteiger partial charge in [-0.1, -0.05) is 15.9 Å². The molecule has 0 aromatic heterocycles. The first-order valence-electron chi connectivity index (χ1n) is 5.83. The van der Waals surface area contributed by atoms with Crippen LogP contribution in [0.15, 0.2) is 11.3 Å². The summed E-state index contributed by atoms with van der Waals surface area (Å²) in [7, 11) is 1.28. The number of ether oxygens (including phenoxy) is 1. The van der Waals surface area contributed by atoms with Crippen molar-refractivity contribution in [1.82, 2.24) is 5.06 Å². The van der Waals surface area contributed by atoms with Gasteiger partial charge in [0.05, 0.1) is 24.3 Å². The number of Topliss-reactive ketones (excluding diaryl/α,β-unsaturated/α-hetero) is 1. The molecule has 2 aliphatic heterocycles. The molecule has 5 nitrogen and oxygen atoms in total. The van der Waals surface area contributed by atoms with Gasteiger partial charge in [0.15, 0.2) is 5.78 Å². The van der Waals surface area contributed by atoms with Crippen molar-refractivity contribution in [1.29, 1.82) is 0 Å². The van der Waals surface area contributed by atoms with Crippen molar-refractivity contribution in [3.8, 4) is 0 Å². The molecule has 2 atom stereocenters. The van der Waals surface area contributed by atoms with Crippen LogP contribution in [-0.2, 0) is 19.2 Å². The highest BCUT2D eigenvalue weighted by molar-refractivity contribution is 9.09. The molecule has 0 aromatic carbocycles. The van der Waals surface area contributed by atoms with Gasteiger partial charge in [0, 0.05) is 5.33 Å². The lowest BCUT2D eigenvalue weighted by molar-refractivity contribution is -0.169. The van der Waals surface area contributed by atoms with Gasteiger partial charge in [-0.2, -0.15) is 0 Å². The number of halogens is 1. The zero-order chi connectivity index (χ0) is 13.5. The van der Waals surface area contributed by atoms with Crippen molar-refractivity contribution in [2.75, 3.05) is 12.4 Å². The standard InChI is InChI=1S/C12H16BrNO4/c1-7(15)9-10(11(16)17-3)18-14-8(6-13)4-5-12(9,14)2/h8H,4-6H2,1-3H3/t8-,12-/m0/s1. The number of hydrogen-bond donors (Lipinski definition) is 0. The summed E-state index contributed by atoms with van der Waals surface area (Å²) in [6.07, 6.45) is 1.71. The molecule has 0 saturated carbocycles. The van der Waals surface area contributed by atoms with E-state index in [1.165, 1.54) is 14.0 Å². The predicted octanol–water partition coefficient (Wildman–Crippen LogP) is 1.57. The Labute approximate surface area is 114 Å². The molecule has 18 heavy (non-hydrogen) atoms. The Balaban J connectivity index is 2.45. The molecule has 0 bridgehead atoms. The van der Waals surface area contributed by atoms with Gasteiger partial charge in [-0.3, -0.25) is 4.79 Å². The molecule has 0 spiro atoms. The predicted molar refractivity (Wildman–Crippen MR) is 67.9 cm³/mol. The van der Waals surface area contributed by atoms with Crippen LogP contribution < -0.4 is 0 Å². The van der Waals surface area contributed by atoms with E-state index >= 15 is 0 Å². The number of esters is 1. The van der Waals surface area contributed by atoms with Crippen molar-refractivity contribution in [3.63, 3.8) is 0 Å². The van der Waals surface area contributed by atoms with Crippen LogP contribution in [0.4, 0.5) is 0 Å². The number of alkyl halides is 1. The normalized spacial score (nSPS) is 31.2. The van der Waals surface area contributed by atoms with Gasteiger partial charge >= 0.3 is 5.97 Å². The van der Waals surface area contributed by atoms with Crippen LogP contribution in [0.5, 0.6) is 0 Å². The number of ketones is 1. The molecule has 0 N–H and O–H groups in total. The van der Waals surface area contributed by atoms with E-state index in [0.717, 1.165) is 18.2 Å². The van der Waals surface area contributed by atoms with E-state index in [0.29, 0.717) is 5.57 Å². The van der Waals surface area contributed by atoms with Crippen LogP contribution in [-0.4, -0.2) is 40.8 Å². The molecule has 0 aliphatic carbocycles. The minimum atomic E-state index is -0.593. The van der Waals surface area contributed by atoms with Gasteiger partial charge in [-0.15, -0.1) is 5.06 Å². The fraction of sp³-hybridized carbons (Fsp3) is 0.667. The molecule has 1 fully saturated rings. The molecule has 1 saturated heterocycles. The van der Waals surface area contributed by atoms with E-state index in [4.69, 9.17) is 4.84 Å². The lowest BCUT2D eigenvalue weighted by Gasteiger charge is -2.29. The SMILES string of the molecule is COC(=O)C1=C(C(C)=O)[C@]2(C)CC[C@@H](CBr)N2O1. The minimum Gasteiger partial charge on any atom is -0.463 e. The molecule has 2 aliphatic rings. The largest absolute Gasteiger partial charge is 0.463 e. The first-order chi connectivity index (χ1) is 8.45. The Hall–Kier alpha value is -0.880. The van der Waals surface area contributed by atoms with E-state index in [1.807, 2.05) is 6.92 Å². The second-order valence-corrected chi connectivity index (χ2v) is 5.44.